The number of methoxy groups -OCH3 is 1. The van der Waals surface area contributed by atoms with E-state index in [1.807, 2.05) is 6.92 Å². The van der Waals surface area contributed by atoms with Gasteiger partial charge in [-0.3, -0.25) is 0 Å². The first-order chi connectivity index (χ1) is 9.48. The third-order valence-corrected chi connectivity index (χ3v) is 5.75. The van der Waals surface area contributed by atoms with Gasteiger partial charge in [-0.2, -0.15) is 4.31 Å². The fourth-order valence-electron chi connectivity index (χ4n) is 2.71. The van der Waals surface area contributed by atoms with Gasteiger partial charge in [-0.05, 0) is 48.9 Å². The van der Waals surface area contributed by atoms with Crippen molar-refractivity contribution in [3.63, 3.8) is 0 Å². The number of nitrogens with zero attached hydrogens (tertiary/aromatic N) is 1. The van der Waals surface area contributed by atoms with Crippen LogP contribution in [0.4, 0.5) is 0 Å². The molecule has 0 radical (unpaired) electrons. The lowest BCUT2D eigenvalue weighted by molar-refractivity contribution is 0.281. The zero-order valence-corrected chi connectivity index (χ0v) is 13.2. The standard InChI is InChI=1S/C15H23NO3S/c1-4-13-10-14(7-8-15(13)19-3)20(17,18)16-9-5-6-12(2)11-16/h7-8,10,12H,4-6,9,11H2,1-3H3/t12-/m0/s1. The van der Waals surface area contributed by atoms with Gasteiger partial charge in [-0.25, -0.2) is 8.42 Å². The van der Waals surface area contributed by atoms with Gasteiger partial charge in [0.2, 0.25) is 10.0 Å². The number of hydrogen-bond acceptors (Lipinski definition) is 3. The quantitative estimate of drug-likeness (QED) is 0.858. The van der Waals surface area contributed by atoms with Gasteiger partial charge >= 0.3 is 0 Å². The number of piperidine rings is 1. The third kappa shape index (κ3) is 2.99. The van der Waals surface area contributed by atoms with Gasteiger partial charge in [0.15, 0.2) is 0 Å². The normalized spacial score (nSPS) is 20.9. The lowest BCUT2D eigenvalue weighted by Crippen LogP contribution is -2.39. The van der Waals surface area contributed by atoms with Crippen molar-refractivity contribution in [3.8, 4) is 5.75 Å². The lowest BCUT2D eigenvalue weighted by Gasteiger charge is -2.30. The Hall–Kier alpha value is -1.07. The Labute approximate surface area is 121 Å². The molecule has 0 saturated carbocycles. The number of sulfonamides is 1. The molecule has 0 aromatic heterocycles. The molecule has 1 fully saturated rings. The van der Waals surface area contributed by atoms with Crippen LogP contribution in [0.2, 0.25) is 0 Å². The van der Waals surface area contributed by atoms with Gasteiger partial charge < -0.3 is 4.74 Å². The first-order valence-electron chi connectivity index (χ1n) is 7.16. The molecule has 1 heterocycles. The maximum atomic E-state index is 12.7. The molecule has 2 rings (SSSR count). The summed E-state index contributed by atoms with van der Waals surface area (Å²) in [5.74, 6) is 1.18. The van der Waals surface area contributed by atoms with Crippen molar-refractivity contribution in [2.24, 2.45) is 5.92 Å². The van der Waals surface area contributed by atoms with E-state index in [0.29, 0.717) is 23.9 Å². The van der Waals surface area contributed by atoms with E-state index in [0.717, 1.165) is 30.6 Å². The molecular weight excluding hydrogens is 274 g/mol. The van der Waals surface area contributed by atoms with E-state index < -0.39 is 10.0 Å². The summed E-state index contributed by atoms with van der Waals surface area (Å²) in [5.41, 5.74) is 0.929. The second-order valence-corrected chi connectivity index (χ2v) is 7.38. The molecule has 1 atom stereocenters. The molecule has 1 aromatic carbocycles. The number of benzene rings is 1. The Morgan fingerprint density at radius 2 is 2.15 bits per heavy atom. The van der Waals surface area contributed by atoms with E-state index in [4.69, 9.17) is 4.74 Å². The summed E-state index contributed by atoms with van der Waals surface area (Å²) in [7, 11) is -1.77. The van der Waals surface area contributed by atoms with Crippen LogP contribution in [0.5, 0.6) is 5.75 Å². The molecule has 1 saturated heterocycles. The van der Waals surface area contributed by atoms with Gasteiger partial charge in [-0.1, -0.05) is 13.8 Å². The van der Waals surface area contributed by atoms with Crippen LogP contribution in [0.1, 0.15) is 32.3 Å². The highest BCUT2D eigenvalue weighted by Crippen LogP contribution is 2.27. The minimum absolute atomic E-state index is 0.379. The van der Waals surface area contributed by atoms with Gasteiger partial charge in [0, 0.05) is 13.1 Å². The van der Waals surface area contributed by atoms with Crippen LogP contribution in [0.3, 0.4) is 0 Å². The first-order valence-corrected chi connectivity index (χ1v) is 8.60. The van der Waals surface area contributed by atoms with Crippen molar-refractivity contribution < 1.29 is 13.2 Å². The van der Waals surface area contributed by atoms with Crippen molar-refractivity contribution in [1.29, 1.82) is 0 Å². The van der Waals surface area contributed by atoms with Crippen molar-refractivity contribution >= 4 is 10.0 Å². The smallest absolute Gasteiger partial charge is 0.243 e. The molecule has 112 valence electrons. The van der Waals surface area contributed by atoms with Crippen LogP contribution in [0, 0.1) is 5.92 Å². The maximum absolute atomic E-state index is 12.7. The van der Waals surface area contributed by atoms with Crippen molar-refractivity contribution in [1.82, 2.24) is 4.31 Å². The molecule has 0 amide bonds. The van der Waals surface area contributed by atoms with Crippen molar-refractivity contribution in [3.05, 3.63) is 23.8 Å². The van der Waals surface area contributed by atoms with Crippen molar-refractivity contribution in [2.45, 2.75) is 38.0 Å². The van der Waals surface area contributed by atoms with E-state index in [9.17, 15) is 8.42 Å². The third-order valence-electron chi connectivity index (χ3n) is 3.89. The Kier molecular flexibility index (Phi) is 4.70. The van der Waals surface area contributed by atoms with E-state index in [1.54, 1.807) is 29.6 Å². The first kappa shape index (κ1) is 15.3. The van der Waals surface area contributed by atoms with Crippen LogP contribution in [0.25, 0.3) is 0 Å². The van der Waals surface area contributed by atoms with Crippen LogP contribution in [-0.2, 0) is 16.4 Å². The van der Waals surface area contributed by atoms with Gasteiger partial charge in [-0.15, -0.1) is 0 Å². The van der Waals surface area contributed by atoms with E-state index in [2.05, 4.69) is 6.92 Å². The van der Waals surface area contributed by atoms with Crippen LogP contribution in [-0.4, -0.2) is 32.9 Å². The SMILES string of the molecule is CCc1cc(S(=O)(=O)N2CCC[C@H](C)C2)ccc1OC. The van der Waals surface area contributed by atoms with Gasteiger partial charge in [0.25, 0.3) is 0 Å². The number of aryl methyl sites for hydroxylation is 1. The number of rotatable bonds is 4. The van der Waals surface area contributed by atoms with Crippen LogP contribution in [0.15, 0.2) is 23.1 Å². The zero-order valence-electron chi connectivity index (χ0n) is 12.4. The van der Waals surface area contributed by atoms with Gasteiger partial charge in [0.1, 0.15) is 5.75 Å². The zero-order chi connectivity index (χ0) is 14.8. The Bertz CT molecular complexity index is 568. The lowest BCUT2D eigenvalue weighted by atomic mass is 10.0. The van der Waals surface area contributed by atoms with E-state index in [-0.39, 0.29) is 0 Å². The Balaban J connectivity index is 2.34. The van der Waals surface area contributed by atoms with Crippen LogP contribution < -0.4 is 4.74 Å². The molecule has 0 N–H and O–H groups in total. The predicted octanol–water partition coefficient (Wildman–Crippen LogP) is 2.68. The summed E-state index contributed by atoms with van der Waals surface area (Å²) in [6.45, 7) is 5.35. The highest BCUT2D eigenvalue weighted by Gasteiger charge is 2.29. The second-order valence-electron chi connectivity index (χ2n) is 5.44. The fraction of sp³-hybridized carbons (Fsp3) is 0.600. The highest BCUT2D eigenvalue weighted by atomic mass is 32.2. The average Bonchev–Trinajstić information content (AvgIpc) is 2.46. The molecule has 1 aromatic rings. The largest absolute Gasteiger partial charge is 0.496 e. The minimum Gasteiger partial charge on any atom is -0.496 e. The number of ether oxygens (including phenoxy) is 1. The second kappa shape index (κ2) is 6.14. The van der Waals surface area contributed by atoms with E-state index in [1.165, 1.54) is 0 Å². The molecule has 0 aliphatic carbocycles. The van der Waals surface area contributed by atoms with Crippen LogP contribution >= 0.6 is 0 Å². The molecule has 1 aliphatic heterocycles. The molecule has 5 heteroatoms. The summed E-state index contributed by atoms with van der Waals surface area (Å²) in [6.07, 6.45) is 2.80. The minimum atomic E-state index is -3.37. The summed E-state index contributed by atoms with van der Waals surface area (Å²) in [4.78, 5) is 0.379. The Morgan fingerprint density at radius 3 is 2.75 bits per heavy atom. The molecule has 20 heavy (non-hydrogen) atoms. The topological polar surface area (TPSA) is 46.6 Å². The fourth-order valence-corrected chi connectivity index (χ4v) is 4.35. The molecular formula is C15H23NO3S. The summed E-state index contributed by atoms with van der Waals surface area (Å²) >= 11 is 0. The number of hydrogen-bond donors (Lipinski definition) is 0. The van der Waals surface area contributed by atoms with Crippen molar-refractivity contribution in [2.75, 3.05) is 20.2 Å². The molecule has 4 nitrogen and oxygen atoms in total. The maximum Gasteiger partial charge on any atom is 0.243 e. The average molecular weight is 297 g/mol. The molecule has 0 bridgehead atoms. The summed E-state index contributed by atoms with van der Waals surface area (Å²) in [6, 6.07) is 5.14. The summed E-state index contributed by atoms with van der Waals surface area (Å²) in [5, 5.41) is 0. The molecule has 1 aliphatic rings. The molecule has 0 unspecified atom stereocenters. The predicted molar refractivity (Wildman–Crippen MR) is 79.5 cm³/mol. The van der Waals surface area contributed by atoms with E-state index >= 15 is 0 Å². The van der Waals surface area contributed by atoms with Gasteiger partial charge in [0.05, 0.1) is 12.0 Å². The summed E-state index contributed by atoms with van der Waals surface area (Å²) < 4.78 is 32.2. The monoisotopic (exact) mass is 297 g/mol. The highest BCUT2D eigenvalue weighted by molar-refractivity contribution is 7.89. The molecule has 0 spiro atoms. The Morgan fingerprint density at radius 1 is 1.40 bits per heavy atom.